The minimum absolute atomic E-state index is 0.236. The lowest BCUT2D eigenvalue weighted by Crippen LogP contribution is -2.48. The summed E-state index contributed by atoms with van der Waals surface area (Å²) >= 11 is 6.04. The number of anilines is 1. The Morgan fingerprint density at radius 3 is 2.64 bits per heavy atom. The summed E-state index contributed by atoms with van der Waals surface area (Å²) in [5.41, 5.74) is 2.25. The maximum absolute atomic E-state index is 12.3. The zero-order valence-electron chi connectivity index (χ0n) is 12.5. The molecule has 1 amide bonds. The molecular weight excluding hydrogens is 298 g/mol. The molecule has 22 heavy (non-hydrogen) atoms. The zero-order valence-corrected chi connectivity index (χ0v) is 13.2. The molecule has 5 heteroatoms. The topological polar surface area (TPSA) is 39.3 Å². The van der Waals surface area contributed by atoms with Crippen LogP contribution >= 0.6 is 11.6 Å². The molecule has 0 bridgehead atoms. The first-order valence-electron chi connectivity index (χ1n) is 7.63. The lowest BCUT2D eigenvalue weighted by atomic mass is 10.2. The van der Waals surface area contributed by atoms with Crippen LogP contribution in [0.2, 0.25) is 5.02 Å². The molecule has 2 heterocycles. The predicted molar refractivity (Wildman–Crippen MR) is 89.4 cm³/mol. The second-order valence-corrected chi connectivity index (χ2v) is 5.98. The molecule has 0 spiro atoms. The SMILES string of the molecule is O=C(CCc1ccc[nH]1)N1CCN(c2cccc(Cl)c2)CC1. The van der Waals surface area contributed by atoms with Gasteiger partial charge in [0.2, 0.25) is 5.91 Å². The quantitative estimate of drug-likeness (QED) is 0.941. The molecule has 0 aliphatic carbocycles. The summed E-state index contributed by atoms with van der Waals surface area (Å²) in [6, 6.07) is 11.9. The van der Waals surface area contributed by atoms with Gasteiger partial charge in [-0.15, -0.1) is 0 Å². The monoisotopic (exact) mass is 317 g/mol. The lowest BCUT2D eigenvalue weighted by molar-refractivity contribution is -0.131. The van der Waals surface area contributed by atoms with Crippen LogP contribution in [0.25, 0.3) is 0 Å². The van der Waals surface area contributed by atoms with Crippen molar-refractivity contribution in [1.29, 1.82) is 0 Å². The van der Waals surface area contributed by atoms with Crippen molar-refractivity contribution in [3.8, 4) is 0 Å². The number of carbonyl (C=O) groups is 1. The molecule has 3 rings (SSSR count). The van der Waals surface area contributed by atoms with Crippen LogP contribution in [0.15, 0.2) is 42.6 Å². The van der Waals surface area contributed by atoms with Crippen molar-refractivity contribution in [2.45, 2.75) is 12.8 Å². The van der Waals surface area contributed by atoms with Crippen molar-refractivity contribution in [3.63, 3.8) is 0 Å². The van der Waals surface area contributed by atoms with Crippen molar-refractivity contribution in [3.05, 3.63) is 53.3 Å². The highest BCUT2D eigenvalue weighted by atomic mass is 35.5. The average molecular weight is 318 g/mol. The zero-order chi connectivity index (χ0) is 15.4. The predicted octanol–water partition coefficient (Wildman–Crippen LogP) is 2.95. The second-order valence-electron chi connectivity index (χ2n) is 5.54. The van der Waals surface area contributed by atoms with Gasteiger partial charge in [0.15, 0.2) is 0 Å². The number of H-pyrrole nitrogens is 1. The lowest BCUT2D eigenvalue weighted by Gasteiger charge is -2.36. The molecule has 0 unspecified atom stereocenters. The molecule has 1 aromatic heterocycles. The van der Waals surface area contributed by atoms with Gasteiger partial charge in [-0.3, -0.25) is 4.79 Å². The van der Waals surface area contributed by atoms with Gasteiger partial charge in [0.1, 0.15) is 0 Å². The first-order chi connectivity index (χ1) is 10.7. The Kier molecular flexibility index (Phi) is 4.68. The van der Waals surface area contributed by atoms with Crippen LogP contribution in [0, 0.1) is 0 Å². The Morgan fingerprint density at radius 2 is 1.95 bits per heavy atom. The van der Waals surface area contributed by atoms with Crippen molar-refractivity contribution >= 4 is 23.2 Å². The number of rotatable bonds is 4. The van der Waals surface area contributed by atoms with E-state index >= 15 is 0 Å². The van der Waals surface area contributed by atoms with Crippen LogP contribution < -0.4 is 4.90 Å². The number of halogens is 1. The third-order valence-electron chi connectivity index (χ3n) is 4.08. The summed E-state index contributed by atoms with van der Waals surface area (Å²) in [4.78, 5) is 19.6. The summed E-state index contributed by atoms with van der Waals surface area (Å²) in [7, 11) is 0. The van der Waals surface area contributed by atoms with E-state index in [1.54, 1.807) is 0 Å². The summed E-state index contributed by atoms with van der Waals surface area (Å²) in [6.45, 7) is 3.26. The standard InChI is InChI=1S/C17H20ClN3O/c18-14-3-1-5-16(13-14)20-9-11-21(12-10-20)17(22)7-6-15-4-2-8-19-15/h1-5,8,13,19H,6-7,9-12H2. The van der Waals surface area contributed by atoms with E-state index < -0.39 is 0 Å². The van der Waals surface area contributed by atoms with Crippen LogP contribution in [0.4, 0.5) is 5.69 Å². The summed E-state index contributed by atoms with van der Waals surface area (Å²) < 4.78 is 0. The molecule has 1 N–H and O–H groups in total. The van der Waals surface area contributed by atoms with Crippen molar-refractivity contribution < 1.29 is 4.79 Å². The fraction of sp³-hybridized carbons (Fsp3) is 0.353. The number of nitrogens with one attached hydrogen (secondary N) is 1. The fourth-order valence-electron chi connectivity index (χ4n) is 2.81. The molecule has 1 fully saturated rings. The van der Waals surface area contributed by atoms with Gasteiger partial charge in [0, 0.05) is 55.2 Å². The van der Waals surface area contributed by atoms with E-state index in [0.29, 0.717) is 6.42 Å². The average Bonchev–Trinajstić information content (AvgIpc) is 3.06. The maximum atomic E-state index is 12.3. The van der Waals surface area contributed by atoms with Gasteiger partial charge in [-0.05, 0) is 36.8 Å². The van der Waals surface area contributed by atoms with Gasteiger partial charge in [-0.25, -0.2) is 0 Å². The van der Waals surface area contributed by atoms with E-state index in [1.165, 1.54) is 0 Å². The molecule has 1 saturated heterocycles. The normalized spacial score (nSPS) is 15.1. The Bertz CT molecular complexity index is 619. The highest BCUT2D eigenvalue weighted by molar-refractivity contribution is 6.30. The number of hydrogen-bond donors (Lipinski definition) is 1. The molecule has 2 aromatic rings. The summed E-state index contributed by atoms with van der Waals surface area (Å²) in [5.74, 6) is 0.236. The number of nitrogens with zero attached hydrogens (tertiary/aromatic N) is 2. The minimum atomic E-state index is 0.236. The maximum Gasteiger partial charge on any atom is 0.223 e. The number of aromatic nitrogens is 1. The molecule has 1 aliphatic rings. The van der Waals surface area contributed by atoms with E-state index in [0.717, 1.165) is 49.0 Å². The van der Waals surface area contributed by atoms with Crippen LogP contribution in [-0.2, 0) is 11.2 Å². The van der Waals surface area contributed by atoms with Gasteiger partial charge in [-0.1, -0.05) is 17.7 Å². The van der Waals surface area contributed by atoms with E-state index in [4.69, 9.17) is 11.6 Å². The Hall–Kier alpha value is -1.94. The van der Waals surface area contributed by atoms with Crippen LogP contribution in [0.3, 0.4) is 0 Å². The molecule has 116 valence electrons. The highest BCUT2D eigenvalue weighted by Gasteiger charge is 2.21. The smallest absolute Gasteiger partial charge is 0.223 e. The number of piperazine rings is 1. The Labute approximate surface area is 135 Å². The molecule has 1 aliphatic heterocycles. The molecular formula is C17H20ClN3O. The number of aromatic amines is 1. The molecule has 0 saturated carbocycles. The summed E-state index contributed by atoms with van der Waals surface area (Å²) in [6.07, 6.45) is 3.24. The largest absolute Gasteiger partial charge is 0.368 e. The van der Waals surface area contributed by atoms with E-state index in [-0.39, 0.29) is 5.91 Å². The van der Waals surface area contributed by atoms with Crippen molar-refractivity contribution in [2.24, 2.45) is 0 Å². The van der Waals surface area contributed by atoms with Gasteiger partial charge in [0.25, 0.3) is 0 Å². The molecule has 4 nitrogen and oxygen atoms in total. The van der Waals surface area contributed by atoms with Crippen LogP contribution in [0.1, 0.15) is 12.1 Å². The highest BCUT2D eigenvalue weighted by Crippen LogP contribution is 2.21. The van der Waals surface area contributed by atoms with E-state index in [2.05, 4.69) is 16.0 Å². The second kappa shape index (κ2) is 6.88. The minimum Gasteiger partial charge on any atom is -0.368 e. The van der Waals surface area contributed by atoms with Crippen molar-refractivity contribution in [1.82, 2.24) is 9.88 Å². The van der Waals surface area contributed by atoms with Gasteiger partial charge in [-0.2, -0.15) is 0 Å². The Balaban J connectivity index is 1.49. The number of carbonyl (C=O) groups excluding carboxylic acids is 1. The van der Waals surface area contributed by atoms with Gasteiger partial charge >= 0.3 is 0 Å². The molecule has 0 radical (unpaired) electrons. The number of benzene rings is 1. The number of aryl methyl sites for hydroxylation is 1. The first kappa shape index (κ1) is 15.0. The number of hydrogen-bond acceptors (Lipinski definition) is 2. The van der Waals surface area contributed by atoms with E-state index in [1.807, 2.05) is 41.4 Å². The third kappa shape index (κ3) is 3.63. The summed E-state index contributed by atoms with van der Waals surface area (Å²) in [5, 5.41) is 0.752. The van der Waals surface area contributed by atoms with Gasteiger partial charge in [0.05, 0.1) is 0 Å². The fourth-order valence-corrected chi connectivity index (χ4v) is 2.99. The van der Waals surface area contributed by atoms with Gasteiger partial charge < -0.3 is 14.8 Å². The molecule has 0 atom stereocenters. The Morgan fingerprint density at radius 1 is 1.14 bits per heavy atom. The van der Waals surface area contributed by atoms with Crippen LogP contribution in [0.5, 0.6) is 0 Å². The first-order valence-corrected chi connectivity index (χ1v) is 8.01. The number of amides is 1. The van der Waals surface area contributed by atoms with E-state index in [9.17, 15) is 4.79 Å². The third-order valence-corrected chi connectivity index (χ3v) is 4.31. The van der Waals surface area contributed by atoms with Crippen LogP contribution in [-0.4, -0.2) is 42.0 Å². The molecule has 1 aromatic carbocycles. The van der Waals surface area contributed by atoms with Crippen molar-refractivity contribution in [2.75, 3.05) is 31.1 Å².